The van der Waals surface area contributed by atoms with Gasteiger partial charge in [0.1, 0.15) is 23.0 Å². The third-order valence-electron chi connectivity index (χ3n) is 3.16. The Labute approximate surface area is 146 Å². The zero-order valence-corrected chi connectivity index (χ0v) is 15.2. The molecule has 0 radical (unpaired) electrons. The summed E-state index contributed by atoms with van der Waals surface area (Å²) in [6.07, 6.45) is 1.28. The maximum Gasteiger partial charge on any atom is 0.343 e. The minimum absolute atomic E-state index is 0.108. The van der Waals surface area contributed by atoms with Crippen molar-refractivity contribution in [3.05, 3.63) is 28.2 Å². The van der Waals surface area contributed by atoms with Crippen LogP contribution in [-0.2, 0) is 19.0 Å². The first-order chi connectivity index (χ1) is 11.6. The van der Waals surface area contributed by atoms with Crippen molar-refractivity contribution in [3.8, 4) is 5.75 Å². The van der Waals surface area contributed by atoms with Crippen molar-refractivity contribution >= 4 is 11.9 Å². The van der Waals surface area contributed by atoms with Crippen LogP contribution in [0.3, 0.4) is 0 Å². The van der Waals surface area contributed by atoms with Crippen LogP contribution in [0.5, 0.6) is 5.75 Å². The number of methoxy groups -OCH3 is 1. The SMILES string of the molecule is CCOC(=O)c1cn(C(CCOC)C(=O)OC(C)(C)C)c(=O)cc1O. The van der Waals surface area contributed by atoms with Crippen molar-refractivity contribution in [1.82, 2.24) is 4.57 Å². The number of aromatic nitrogens is 1. The molecule has 8 nitrogen and oxygen atoms in total. The lowest BCUT2D eigenvalue weighted by Crippen LogP contribution is -2.35. The molecular formula is C17H25NO7. The summed E-state index contributed by atoms with van der Waals surface area (Å²) >= 11 is 0. The summed E-state index contributed by atoms with van der Waals surface area (Å²) in [5, 5.41) is 9.84. The van der Waals surface area contributed by atoms with Crippen LogP contribution in [0.4, 0.5) is 0 Å². The van der Waals surface area contributed by atoms with Crippen LogP contribution in [0.1, 0.15) is 50.5 Å². The van der Waals surface area contributed by atoms with E-state index in [1.165, 1.54) is 7.11 Å². The number of hydrogen-bond donors (Lipinski definition) is 1. The van der Waals surface area contributed by atoms with Crippen molar-refractivity contribution in [2.24, 2.45) is 0 Å². The number of carbonyl (C=O) groups is 2. The fraction of sp³-hybridized carbons (Fsp3) is 0.588. The summed E-state index contributed by atoms with van der Waals surface area (Å²) in [4.78, 5) is 36.7. The number of ether oxygens (including phenoxy) is 3. The lowest BCUT2D eigenvalue weighted by Gasteiger charge is -2.25. The summed E-state index contributed by atoms with van der Waals surface area (Å²) < 4.78 is 16.2. The average Bonchev–Trinajstić information content (AvgIpc) is 2.47. The number of hydrogen-bond acceptors (Lipinski definition) is 7. The van der Waals surface area contributed by atoms with E-state index in [4.69, 9.17) is 14.2 Å². The van der Waals surface area contributed by atoms with Crippen LogP contribution in [0.25, 0.3) is 0 Å². The molecule has 1 unspecified atom stereocenters. The molecule has 1 atom stereocenters. The highest BCUT2D eigenvalue weighted by atomic mass is 16.6. The van der Waals surface area contributed by atoms with Gasteiger partial charge in [-0.3, -0.25) is 4.79 Å². The number of rotatable bonds is 7. The van der Waals surface area contributed by atoms with Crippen LogP contribution in [0.15, 0.2) is 17.1 Å². The van der Waals surface area contributed by atoms with Crippen LogP contribution < -0.4 is 5.56 Å². The van der Waals surface area contributed by atoms with Gasteiger partial charge in [-0.05, 0) is 27.7 Å². The molecule has 0 aliphatic carbocycles. The lowest BCUT2D eigenvalue weighted by molar-refractivity contribution is -0.159. The Kier molecular flexibility index (Phi) is 7.17. The number of aromatic hydroxyl groups is 1. The fourth-order valence-corrected chi connectivity index (χ4v) is 2.12. The quantitative estimate of drug-likeness (QED) is 0.742. The third kappa shape index (κ3) is 5.90. The number of carbonyl (C=O) groups excluding carboxylic acids is 2. The highest BCUT2D eigenvalue weighted by molar-refractivity contribution is 5.92. The van der Waals surface area contributed by atoms with Crippen molar-refractivity contribution in [3.63, 3.8) is 0 Å². The van der Waals surface area contributed by atoms with Crippen molar-refractivity contribution in [2.75, 3.05) is 20.3 Å². The predicted molar refractivity (Wildman–Crippen MR) is 89.7 cm³/mol. The van der Waals surface area contributed by atoms with Gasteiger partial charge in [0.25, 0.3) is 5.56 Å². The number of esters is 2. The third-order valence-corrected chi connectivity index (χ3v) is 3.16. The van der Waals surface area contributed by atoms with Crippen LogP contribution >= 0.6 is 0 Å². The molecule has 1 N–H and O–H groups in total. The highest BCUT2D eigenvalue weighted by Crippen LogP contribution is 2.21. The lowest BCUT2D eigenvalue weighted by atomic mass is 10.1. The van der Waals surface area contributed by atoms with Crippen LogP contribution in [0.2, 0.25) is 0 Å². The maximum atomic E-state index is 12.5. The Morgan fingerprint density at radius 1 is 1.32 bits per heavy atom. The first-order valence-corrected chi connectivity index (χ1v) is 7.94. The molecule has 0 fully saturated rings. The zero-order chi connectivity index (χ0) is 19.2. The van der Waals surface area contributed by atoms with Crippen molar-refractivity contribution in [1.29, 1.82) is 0 Å². The highest BCUT2D eigenvalue weighted by Gasteiger charge is 2.28. The Hall–Kier alpha value is -2.35. The minimum Gasteiger partial charge on any atom is -0.507 e. The van der Waals surface area contributed by atoms with Gasteiger partial charge in [-0.25, -0.2) is 9.59 Å². The number of nitrogens with zero attached hydrogens (tertiary/aromatic N) is 1. The first-order valence-electron chi connectivity index (χ1n) is 7.94. The summed E-state index contributed by atoms with van der Waals surface area (Å²) in [6.45, 7) is 7.06. The van der Waals surface area contributed by atoms with Gasteiger partial charge in [0, 0.05) is 32.4 Å². The van der Waals surface area contributed by atoms with Gasteiger partial charge >= 0.3 is 11.9 Å². The van der Waals surface area contributed by atoms with E-state index in [0.717, 1.165) is 16.8 Å². The monoisotopic (exact) mass is 355 g/mol. The van der Waals surface area contributed by atoms with E-state index in [-0.39, 0.29) is 25.2 Å². The second-order valence-corrected chi connectivity index (χ2v) is 6.37. The largest absolute Gasteiger partial charge is 0.507 e. The van der Waals surface area contributed by atoms with Gasteiger partial charge in [0.2, 0.25) is 0 Å². The molecule has 0 bridgehead atoms. The molecule has 1 aromatic heterocycles. The molecule has 0 aromatic carbocycles. The van der Waals surface area contributed by atoms with E-state index in [9.17, 15) is 19.5 Å². The molecule has 0 amide bonds. The maximum absolute atomic E-state index is 12.5. The smallest absolute Gasteiger partial charge is 0.343 e. The van der Waals surface area contributed by atoms with Gasteiger partial charge in [-0.2, -0.15) is 0 Å². The molecular weight excluding hydrogens is 330 g/mol. The number of pyridine rings is 1. The average molecular weight is 355 g/mol. The Morgan fingerprint density at radius 2 is 1.96 bits per heavy atom. The van der Waals surface area contributed by atoms with E-state index in [0.29, 0.717) is 0 Å². The molecule has 0 spiro atoms. The van der Waals surface area contributed by atoms with Gasteiger partial charge in [0.15, 0.2) is 0 Å². The van der Waals surface area contributed by atoms with Crippen molar-refractivity contribution in [2.45, 2.75) is 45.8 Å². The van der Waals surface area contributed by atoms with Gasteiger partial charge < -0.3 is 23.9 Å². The molecule has 25 heavy (non-hydrogen) atoms. The zero-order valence-electron chi connectivity index (χ0n) is 15.2. The van der Waals surface area contributed by atoms with Gasteiger partial charge in [0.05, 0.1) is 6.61 Å². The van der Waals surface area contributed by atoms with Gasteiger partial charge in [-0.1, -0.05) is 0 Å². The molecule has 1 rings (SSSR count). The molecule has 1 aromatic rings. The Balaban J connectivity index is 3.33. The van der Waals surface area contributed by atoms with E-state index in [1.54, 1.807) is 27.7 Å². The summed E-state index contributed by atoms with van der Waals surface area (Å²) in [6, 6.07) is -0.128. The van der Waals surface area contributed by atoms with Crippen LogP contribution in [0, 0.1) is 0 Å². The molecule has 0 saturated heterocycles. The van der Waals surface area contributed by atoms with Crippen molar-refractivity contribution < 1.29 is 28.9 Å². The Morgan fingerprint density at radius 3 is 2.48 bits per heavy atom. The second-order valence-electron chi connectivity index (χ2n) is 6.37. The summed E-state index contributed by atoms with van der Waals surface area (Å²) in [7, 11) is 1.47. The van der Waals surface area contributed by atoms with E-state index >= 15 is 0 Å². The molecule has 0 saturated carbocycles. The van der Waals surface area contributed by atoms with Gasteiger partial charge in [-0.15, -0.1) is 0 Å². The summed E-state index contributed by atoms with van der Waals surface area (Å²) in [5.41, 5.74) is -1.59. The topological polar surface area (TPSA) is 104 Å². The predicted octanol–water partition coefficient (Wildman–Crippen LogP) is 1.65. The van der Waals surface area contributed by atoms with E-state index in [2.05, 4.69) is 0 Å². The normalized spacial score (nSPS) is 12.5. The molecule has 0 aliphatic rings. The molecule has 140 valence electrons. The standard InChI is InChI=1S/C17H25NO7/c1-6-24-15(21)11-10-18(14(20)9-13(11)19)12(7-8-23-5)16(22)25-17(2,3)4/h9-10,12,19H,6-8H2,1-5H3. The first kappa shape index (κ1) is 20.7. The minimum atomic E-state index is -1.000. The van der Waals surface area contributed by atoms with Crippen LogP contribution in [-0.4, -0.2) is 47.5 Å². The van der Waals surface area contributed by atoms with E-state index < -0.39 is 34.9 Å². The summed E-state index contributed by atoms with van der Waals surface area (Å²) in [5.74, 6) is -1.93. The molecule has 0 aliphatic heterocycles. The second kappa shape index (κ2) is 8.66. The Bertz CT molecular complexity index is 673. The molecule has 8 heteroatoms. The molecule has 1 heterocycles. The van der Waals surface area contributed by atoms with E-state index in [1.807, 2.05) is 0 Å². The fourth-order valence-electron chi connectivity index (χ4n) is 2.12.